The molecule has 0 aromatic heterocycles. The lowest BCUT2D eigenvalue weighted by Crippen LogP contribution is -2.44. The highest BCUT2D eigenvalue weighted by atomic mass is 32.2. The molecule has 0 radical (unpaired) electrons. The van der Waals surface area contributed by atoms with Crippen molar-refractivity contribution >= 4 is 51.9 Å². The number of hydrazine groups is 1. The molecular weight excluding hydrogens is 374 g/mol. The monoisotopic (exact) mass is 385 g/mol. The van der Waals surface area contributed by atoms with Gasteiger partial charge in [0.15, 0.2) is 4.32 Å². The van der Waals surface area contributed by atoms with Gasteiger partial charge >= 0.3 is 0 Å². The number of nitro groups is 1. The zero-order chi connectivity index (χ0) is 18.7. The molecule has 130 valence electrons. The van der Waals surface area contributed by atoms with E-state index in [0.717, 1.165) is 16.8 Å². The van der Waals surface area contributed by atoms with E-state index in [0.29, 0.717) is 5.56 Å². The minimum absolute atomic E-state index is 0.119. The number of thiocarbonyl (C=S) groups is 1. The van der Waals surface area contributed by atoms with Crippen LogP contribution in [0.15, 0.2) is 59.5 Å². The van der Waals surface area contributed by atoms with Crippen LogP contribution in [0.1, 0.15) is 15.9 Å². The number of amides is 2. The fourth-order valence-electron chi connectivity index (χ4n) is 2.24. The van der Waals surface area contributed by atoms with Crippen molar-refractivity contribution in [3.8, 4) is 0 Å². The summed E-state index contributed by atoms with van der Waals surface area (Å²) in [7, 11) is 0. The molecule has 9 heteroatoms. The van der Waals surface area contributed by atoms with Gasteiger partial charge in [-0.15, -0.1) is 0 Å². The highest BCUT2D eigenvalue weighted by molar-refractivity contribution is 8.26. The summed E-state index contributed by atoms with van der Waals surface area (Å²) in [6.07, 6.45) is 1.39. The second kappa shape index (κ2) is 7.46. The fraction of sp³-hybridized carbons (Fsp3) is 0. The number of para-hydroxylation sites is 1. The fourth-order valence-corrected chi connectivity index (χ4v) is 3.41. The van der Waals surface area contributed by atoms with Crippen molar-refractivity contribution in [1.82, 2.24) is 10.4 Å². The van der Waals surface area contributed by atoms with Gasteiger partial charge in [-0.05, 0) is 36.5 Å². The normalized spacial score (nSPS) is 15.4. The molecule has 2 aromatic rings. The third kappa shape index (κ3) is 3.63. The molecule has 1 aliphatic heterocycles. The first-order valence-corrected chi connectivity index (χ1v) is 8.57. The van der Waals surface area contributed by atoms with Crippen molar-refractivity contribution < 1.29 is 14.5 Å². The topological polar surface area (TPSA) is 92.6 Å². The number of benzene rings is 2. The van der Waals surface area contributed by atoms with Gasteiger partial charge in [0.05, 0.1) is 15.4 Å². The Morgan fingerprint density at radius 3 is 2.50 bits per heavy atom. The number of hydrogen-bond donors (Lipinski definition) is 1. The lowest BCUT2D eigenvalue weighted by Gasteiger charge is -2.15. The second-order valence-electron chi connectivity index (χ2n) is 5.14. The minimum atomic E-state index is -0.539. The van der Waals surface area contributed by atoms with Gasteiger partial charge in [0.25, 0.3) is 17.5 Å². The van der Waals surface area contributed by atoms with Gasteiger partial charge in [-0.1, -0.05) is 42.1 Å². The number of nitrogens with one attached hydrogen (secondary N) is 1. The highest BCUT2D eigenvalue weighted by Crippen LogP contribution is 2.33. The quantitative estimate of drug-likeness (QED) is 0.376. The van der Waals surface area contributed by atoms with Crippen LogP contribution in [-0.2, 0) is 4.79 Å². The minimum Gasteiger partial charge on any atom is -0.267 e. The molecule has 1 aliphatic rings. The number of hydrogen-bond acceptors (Lipinski definition) is 6. The summed E-state index contributed by atoms with van der Waals surface area (Å²) >= 11 is 6.11. The molecule has 0 unspecified atom stereocenters. The SMILES string of the molecule is O=C(NN1C(=O)/C(=C\c2ccccc2[N+](=O)[O-])SC1=S)c1ccccc1. The third-order valence-corrected chi connectivity index (χ3v) is 4.77. The molecule has 1 saturated heterocycles. The van der Waals surface area contributed by atoms with E-state index in [-0.39, 0.29) is 20.5 Å². The maximum absolute atomic E-state index is 12.5. The van der Waals surface area contributed by atoms with E-state index in [1.807, 2.05) is 0 Å². The molecule has 0 spiro atoms. The summed E-state index contributed by atoms with van der Waals surface area (Å²) in [5, 5.41) is 12.1. The summed E-state index contributed by atoms with van der Waals surface area (Å²) in [5.74, 6) is -1.02. The van der Waals surface area contributed by atoms with E-state index in [1.165, 1.54) is 18.2 Å². The molecule has 2 amide bonds. The Morgan fingerprint density at radius 2 is 1.81 bits per heavy atom. The third-order valence-electron chi connectivity index (χ3n) is 3.46. The molecule has 1 fully saturated rings. The van der Waals surface area contributed by atoms with E-state index >= 15 is 0 Å². The van der Waals surface area contributed by atoms with Crippen LogP contribution in [0.5, 0.6) is 0 Å². The summed E-state index contributed by atoms with van der Waals surface area (Å²) in [4.78, 5) is 35.5. The molecule has 7 nitrogen and oxygen atoms in total. The zero-order valence-electron chi connectivity index (χ0n) is 13.1. The van der Waals surface area contributed by atoms with Crippen molar-refractivity contribution in [2.75, 3.05) is 0 Å². The number of thioether (sulfide) groups is 1. The lowest BCUT2D eigenvalue weighted by atomic mass is 10.1. The smallest absolute Gasteiger partial charge is 0.267 e. The molecule has 3 rings (SSSR count). The maximum atomic E-state index is 12.5. The van der Waals surface area contributed by atoms with Crippen LogP contribution in [0.2, 0.25) is 0 Å². The molecular formula is C17H11N3O4S2. The first-order chi connectivity index (χ1) is 12.5. The molecule has 0 bridgehead atoms. The summed E-state index contributed by atoms with van der Waals surface area (Å²) in [5.41, 5.74) is 3.00. The Kier molecular flexibility index (Phi) is 5.10. The number of carbonyl (C=O) groups excluding carboxylic acids is 2. The number of rotatable bonds is 4. The summed E-state index contributed by atoms with van der Waals surface area (Å²) in [6.45, 7) is 0. The predicted molar refractivity (Wildman–Crippen MR) is 102 cm³/mol. The van der Waals surface area contributed by atoms with Gasteiger partial charge < -0.3 is 0 Å². The predicted octanol–water partition coefficient (Wildman–Crippen LogP) is 3.14. The number of nitro benzene ring substituents is 1. The Hall–Kier alpha value is -3.04. The molecule has 2 aromatic carbocycles. The van der Waals surface area contributed by atoms with Gasteiger partial charge in [0.2, 0.25) is 0 Å². The van der Waals surface area contributed by atoms with Crippen molar-refractivity contribution in [3.63, 3.8) is 0 Å². The molecule has 26 heavy (non-hydrogen) atoms. The Labute approximate surface area is 157 Å². The van der Waals surface area contributed by atoms with Crippen LogP contribution in [0.4, 0.5) is 5.69 Å². The van der Waals surface area contributed by atoms with Gasteiger partial charge in [0.1, 0.15) is 0 Å². The molecule has 1 N–H and O–H groups in total. The molecule has 0 aliphatic carbocycles. The van der Waals surface area contributed by atoms with Crippen molar-refractivity contribution in [2.45, 2.75) is 0 Å². The first kappa shape index (κ1) is 17.8. The summed E-state index contributed by atoms with van der Waals surface area (Å²) < 4.78 is 0.143. The summed E-state index contributed by atoms with van der Waals surface area (Å²) in [6, 6.07) is 14.5. The Bertz CT molecular complexity index is 944. The van der Waals surface area contributed by atoms with Crippen LogP contribution in [0.3, 0.4) is 0 Å². The van der Waals surface area contributed by atoms with Crippen LogP contribution < -0.4 is 5.43 Å². The lowest BCUT2D eigenvalue weighted by molar-refractivity contribution is -0.385. The van der Waals surface area contributed by atoms with Gasteiger partial charge in [-0.2, -0.15) is 5.01 Å². The second-order valence-corrected chi connectivity index (χ2v) is 6.82. The van der Waals surface area contributed by atoms with Crippen LogP contribution in [0, 0.1) is 10.1 Å². The molecule has 0 atom stereocenters. The molecule has 1 heterocycles. The van der Waals surface area contributed by atoms with Crippen molar-refractivity contribution in [1.29, 1.82) is 0 Å². The van der Waals surface area contributed by atoms with Crippen LogP contribution in [-0.4, -0.2) is 26.1 Å². The van der Waals surface area contributed by atoms with Crippen LogP contribution in [0.25, 0.3) is 6.08 Å². The largest absolute Gasteiger partial charge is 0.285 e. The first-order valence-electron chi connectivity index (χ1n) is 7.35. The van der Waals surface area contributed by atoms with E-state index in [2.05, 4.69) is 5.43 Å². The van der Waals surface area contributed by atoms with E-state index < -0.39 is 16.7 Å². The van der Waals surface area contributed by atoms with Crippen molar-refractivity contribution in [3.05, 3.63) is 80.7 Å². The molecule has 0 saturated carbocycles. The standard InChI is InChI=1S/C17H11N3O4S2/c21-15(11-6-2-1-3-7-11)18-19-16(22)14(26-17(19)25)10-12-8-4-5-9-13(12)20(23)24/h1-10H,(H,18,21)/b14-10+. The zero-order valence-corrected chi connectivity index (χ0v) is 14.8. The number of carbonyl (C=O) groups is 2. The van der Waals surface area contributed by atoms with Crippen molar-refractivity contribution in [2.24, 2.45) is 0 Å². The Morgan fingerprint density at radius 1 is 1.15 bits per heavy atom. The highest BCUT2D eigenvalue weighted by Gasteiger charge is 2.34. The van der Waals surface area contributed by atoms with Gasteiger partial charge in [-0.3, -0.25) is 25.1 Å². The maximum Gasteiger partial charge on any atom is 0.285 e. The average Bonchev–Trinajstić information content (AvgIpc) is 2.90. The van der Waals surface area contributed by atoms with Crippen LogP contribution >= 0.6 is 24.0 Å². The Balaban J connectivity index is 1.83. The van der Waals surface area contributed by atoms with Gasteiger partial charge in [0, 0.05) is 11.6 Å². The van der Waals surface area contributed by atoms with E-state index in [4.69, 9.17) is 12.2 Å². The average molecular weight is 385 g/mol. The number of nitrogens with zero attached hydrogens (tertiary/aromatic N) is 2. The van der Waals surface area contributed by atoms with E-state index in [9.17, 15) is 19.7 Å². The van der Waals surface area contributed by atoms with Gasteiger partial charge in [-0.25, -0.2) is 0 Å². The van der Waals surface area contributed by atoms with E-state index in [1.54, 1.807) is 42.5 Å².